The monoisotopic (exact) mass is 275 g/mol. The minimum Gasteiger partial charge on any atom is -0.480 e. The summed E-state index contributed by atoms with van der Waals surface area (Å²) in [5.41, 5.74) is 5.23. The van der Waals surface area contributed by atoms with E-state index in [1.165, 1.54) is 6.92 Å². The van der Waals surface area contributed by atoms with Crippen LogP contribution in [0.15, 0.2) is 0 Å². The van der Waals surface area contributed by atoms with Crippen molar-refractivity contribution in [1.29, 1.82) is 0 Å². The van der Waals surface area contributed by atoms with E-state index in [-0.39, 0.29) is 19.4 Å². The zero-order chi connectivity index (χ0) is 15.0. The summed E-state index contributed by atoms with van der Waals surface area (Å²) in [6.07, 6.45) is -0.307. The Morgan fingerprint density at radius 2 is 1.84 bits per heavy atom. The van der Waals surface area contributed by atoms with Crippen LogP contribution >= 0.6 is 0 Å². The predicted octanol–water partition coefficient (Wildman–Crippen LogP) is -1.18. The normalized spacial score (nSPS) is 11.5. The van der Waals surface area contributed by atoms with E-state index in [0.29, 0.717) is 0 Å². The fourth-order valence-electron chi connectivity index (χ4n) is 1.22. The topological polar surface area (TPSA) is 150 Å². The highest BCUT2D eigenvalue weighted by molar-refractivity contribution is 5.95. The minimum absolute atomic E-state index is 0.0482. The molecule has 5 N–H and O–H groups in total. The number of carboxylic acid groups (broad SMARTS) is 2. The standard InChI is InChI=1S/C10H17N3O6/c1-2-13(10(19)12-5-8(15)16)7(14)4-3-6(11)9(17)18/h6H,2-5,11H2,1H3,(H,12,19)(H,15,16)(H,17,18). The van der Waals surface area contributed by atoms with Gasteiger partial charge in [0.25, 0.3) is 0 Å². The average molecular weight is 275 g/mol. The molecular weight excluding hydrogens is 258 g/mol. The summed E-state index contributed by atoms with van der Waals surface area (Å²) >= 11 is 0. The van der Waals surface area contributed by atoms with E-state index in [4.69, 9.17) is 15.9 Å². The second-order valence-electron chi connectivity index (χ2n) is 3.67. The van der Waals surface area contributed by atoms with E-state index < -0.39 is 36.5 Å². The molecule has 0 aromatic heterocycles. The molecule has 0 spiro atoms. The van der Waals surface area contributed by atoms with Crippen molar-refractivity contribution < 1.29 is 29.4 Å². The first-order chi connectivity index (χ1) is 8.79. The Morgan fingerprint density at radius 3 is 2.26 bits per heavy atom. The Hall–Kier alpha value is -2.16. The van der Waals surface area contributed by atoms with Crippen molar-refractivity contribution in [2.45, 2.75) is 25.8 Å². The predicted molar refractivity (Wildman–Crippen MR) is 63.3 cm³/mol. The molecule has 19 heavy (non-hydrogen) atoms. The van der Waals surface area contributed by atoms with Crippen LogP contribution in [-0.2, 0) is 14.4 Å². The number of amides is 3. The maximum atomic E-state index is 11.7. The number of imide groups is 1. The molecule has 108 valence electrons. The van der Waals surface area contributed by atoms with E-state index in [9.17, 15) is 19.2 Å². The fourth-order valence-corrected chi connectivity index (χ4v) is 1.22. The number of nitrogens with two attached hydrogens (primary N) is 1. The molecule has 0 saturated carbocycles. The van der Waals surface area contributed by atoms with Crippen LogP contribution in [0.4, 0.5) is 4.79 Å². The smallest absolute Gasteiger partial charge is 0.324 e. The molecule has 0 radical (unpaired) electrons. The van der Waals surface area contributed by atoms with Crippen molar-refractivity contribution >= 4 is 23.9 Å². The third-order valence-electron chi connectivity index (χ3n) is 2.24. The number of carbonyl (C=O) groups is 4. The van der Waals surface area contributed by atoms with Crippen LogP contribution in [0.25, 0.3) is 0 Å². The van der Waals surface area contributed by atoms with Gasteiger partial charge in [0.15, 0.2) is 0 Å². The number of nitrogens with one attached hydrogen (secondary N) is 1. The lowest BCUT2D eigenvalue weighted by Gasteiger charge is -2.19. The van der Waals surface area contributed by atoms with Crippen LogP contribution in [-0.4, -0.2) is 58.1 Å². The summed E-state index contributed by atoms with van der Waals surface area (Å²) < 4.78 is 0. The molecule has 1 atom stereocenters. The number of aliphatic carboxylic acids is 2. The molecule has 0 heterocycles. The molecule has 1 unspecified atom stereocenters. The summed E-state index contributed by atoms with van der Waals surface area (Å²) in [7, 11) is 0. The number of carboxylic acids is 2. The van der Waals surface area contributed by atoms with Gasteiger partial charge in [0.2, 0.25) is 5.91 Å². The lowest BCUT2D eigenvalue weighted by atomic mass is 10.1. The zero-order valence-corrected chi connectivity index (χ0v) is 10.5. The van der Waals surface area contributed by atoms with Gasteiger partial charge in [-0.3, -0.25) is 19.3 Å². The van der Waals surface area contributed by atoms with Gasteiger partial charge in [-0.05, 0) is 13.3 Å². The molecule has 0 aromatic rings. The van der Waals surface area contributed by atoms with Crippen molar-refractivity contribution in [2.75, 3.05) is 13.1 Å². The average Bonchev–Trinajstić information content (AvgIpc) is 2.33. The van der Waals surface area contributed by atoms with Crippen molar-refractivity contribution in [3.05, 3.63) is 0 Å². The first-order valence-corrected chi connectivity index (χ1v) is 5.58. The SMILES string of the molecule is CCN(C(=O)CCC(N)C(=O)O)C(=O)NCC(=O)O. The summed E-state index contributed by atoms with van der Waals surface area (Å²) in [6.45, 7) is 0.985. The number of rotatable bonds is 7. The molecule has 0 bridgehead atoms. The van der Waals surface area contributed by atoms with Crippen molar-refractivity contribution in [2.24, 2.45) is 5.73 Å². The lowest BCUT2D eigenvalue weighted by molar-refractivity contribution is -0.139. The van der Waals surface area contributed by atoms with Crippen LogP contribution in [0.3, 0.4) is 0 Å². The van der Waals surface area contributed by atoms with E-state index in [2.05, 4.69) is 0 Å². The van der Waals surface area contributed by atoms with Gasteiger partial charge in [-0.25, -0.2) is 4.79 Å². The van der Waals surface area contributed by atoms with Crippen LogP contribution < -0.4 is 11.1 Å². The molecule has 0 saturated heterocycles. The number of carbonyl (C=O) groups excluding carboxylic acids is 2. The molecule has 0 aliphatic carbocycles. The molecule has 3 amide bonds. The van der Waals surface area contributed by atoms with Gasteiger partial charge < -0.3 is 21.3 Å². The Balaban J connectivity index is 4.35. The maximum absolute atomic E-state index is 11.7. The van der Waals surface area contributed by atoms with Crippen molar-refractivity contribution in [3.63, 3.8) is 0 Å². The Bertz CT molecular complexity index is 370. The summed E-state index contributed by atoms with van der Waals surface area (Å²) in [5.74, 6) is -3.07. The van der Waals surface area contributed by atoms with Gasteiger partial charge in [-0.2, -0.15) is 0 Å². The molecule has 0 aliphatic heterocycles. The molecule has 0 fully saturated rings. The van der Waals surface area contributed by atoms with Crippen molar-refractivity contribution in [1.82, 2.24) is 10.2 Å². The second kappa shape index (κ2) is 8.03. The molecule has 0 aliphatic rings. The van der Waals surface area contributed by atoms with Crippen LogP contribution in [0, 0.1) is 0 Å². The molecule has 9 nitrogen and oxygen atoms in total. The van der Waals surface area contributed by atoms with Crippen LogP contribution in [0.2, 0.25) is 0 Å². The Morgan fingerprint density at radius 1 is 1.26 bits per heavy atom. The summed E-state index contributed by atoms with van der Waals surface area (Å²) in [4.78, 5) is 44.7. The van der Waals surface area contributed by atoms with E-state index >= 15 is 0 Å². The Kier molecular flexibility index (Phi) is 7.12. The lowest BCUT2D eigenvalue weighted by Crippen LogP contribution is -2.45. The van der Waals surface area contributed by atoms with E-state index in [1.807, 2.05) is 5.32 Å². The maximum Gasteiger partial charge on any atom is 0.324 e. The number of urea groups is 1. The van der Waals surface area contributed by atoms with Gasteiger partial charge in [0.1, 0.15) is 12.6 Å². The molecule has 0 aromatic carbocycles. The first kappa shape index (κ1) is 16.8. The van der Waals surface area contributed by atoms with Crippen LogP contribution in [0.5, 0.6) is 0 Å². The summed E-state index contributed by atoms with van der Waals surface area (Å²) in [6, 6.07) is -2.01. The quantitative estimate of drug-likeness (QED) is 0.456. The molecule has 0 rings (SSSR count). The molecule has 9 heteroatoms. The fraction of sp³-hybridized carbons (Fsp3) is 0.600. The Labute approximate surface area is 109 Å². The first-order valence-electron chi connectivity index (χ1n) is 5.58. The highest BCUT2D eigenvalue weighted by Crippen LogP contribution is 2.01. The highest BCUT2D eigenvalue weighted by atomic mass is 16.4. The third-order valence-corrected chi connectivity index (χ3v) is 2.24. The highest BCUT2D eigenvalue weighted by Gasteiger charge is 2.21. The van der Waals surface area contributed by atoms with Gasteiger partial charge in [-0.15, -0.1) is 0 Å². The van der Waals surface area contributed by atoms with Gasteiger partial charge in [0.05, 0.1) is 0 Å². The number of nitrogens with zero attached hydrogens (tertiary/aromatic N) is 1. The van der Waals surface area contributed by atoms with Crippen molar-refractivity contribution in [3.8, 4) is 0 Å². The van der Waals surface area contributed by atoms with Gasteiger partial charge in [0, 0.05) is 13.0 Å². The zero-order valence-electron chi connectivity index (χ0n) is 10.5. The van der Waals surface area contributed by atoms with Crippen LogP contribution in [0.1, 0.15) is 19.8 Å². The number of hydrogen-bond acceptors (Lipinski definition) is 5. The molecular formula is C10H17N3O6. The second-order valence-corrected chi connectivity index (χ2v) is 3.67. The summed E-state index contributed by atoms with van der Waals surface area (Å²) in [5, 5.41) is 19.0. The minimum atomic E-state index is -1.23. The third kappa shape index (κ3) is 6.36. The van der Waals surface area contributed by atoms with E-state index in [1.54, 1.807) is 0 Å². The van der Waals surface area contributed by atoms with Gasteiger partial charge in [-0.1, -0.05) is 0 Å². The van der Waals surface area contributed by atoms with E-state index in [0.717, 1.165) is 4.90 Å². The largest absolute Gasteiger partial charge is 0.480 e. The van der Waals surface area contributed by atoms with Gasteiger partial charge >= 0.3 is 18.0 Å². The number of hydrogen-bond donors (Lipinski definition) is 4.